The van der Waals surface area contributed by atoms with Crippen LogP contribution in [0.5, 0.6) is 0 Å². The van der Waals surface area contributed by atoms with Gasteiger partial charge in [-0.3, -0.25) is 4.79 Å². The molecule has 1 unspecified atom stereocenters. The van der Waals surface area contributed by atoms with Crippen LogP contribution >= 0.6 is 27.7 Å². The van der Waals surface area contributed by atoms with E-state index in [1.54, 1.807) is 17.8 Å². The van der Waals surface area contributed by atoms with Gasteiger partial charge in [-0.2, -0.15) is 0 Å². The lowest BCUT2D eigenvalue weighted by atomic mass is 10.2. The fourth-order valence-electron chi connectivity index (χ4n) is 1.65. The third kappa shape index (κ3) is 2.71. The number of carbonyl (C=O) groups excluding carboxylic acids is 1. The van der Waals surface area contributed by atoms with Crippen LogP contribution in [0.25, 0.3) is 0 Å². The van der Waals surface area contributed by atoms with E-state index in [0.717, 1.165) is 23.1 Å². The summed E-state index contributed by atoms with van der Waals surface area (Å²) in [7, 11) is 0. The van der Waals surface area contributed by atoms with Gasteiger partial charge in [0.15, 0.2) is 0 Å². The van der Waals surface area contributed by atoms with Gasteiger partial charge in [-0.25, -0.2) is 0 Å². The fraction of sp³-hybridized carbons (Fsp3) is 0.364. The molecular weight excluding hydrogens is 288 g/mol. The van der Waals surface area contributed by atoms with E-state index in [4.69, 9.17) is 5.73 Å². The minimum Gasteiger partial charge on any atom is -0.397 e. The molecule has 0 bridgehead atoms. The molecule has 1 aromatic carbocycles. The van der Waals surface area contributed by atoms with Crippen molar-refractivity contribution in [2.45, 2.75) is 18.1 Å². The van der Waals surface area contributed by atoms with E-state index in [2.05, 4.69) is 21.2 Å². The summed E-state index contributed by atoms with van der Waals surface area (Å²) in [6, 6.07) is 5.47. The zero-order chi connectivity index (χ0) is 11.5. The molecular formula is C11H13BrN2OS. The molecule has 1 amide bonds. The van der Waals surface area contributed by atoms with E-state index in [-0.39, 0.29) is 11.2 Å². The van der Waals surface area contributed by atoms with Crippen LogP contribution in [0, 0.1) is 0 Å². The van der Waals surface area contributed by atoms with Crippen LogP contribution in [0.15, 0.2) is 22.7 Å². The van der Waals surface area contributed by atoms with Crippen molar-refractivity contribution >= 4 is 45.0 Å². The number of hydrogen-bond acceptors (Lipinski definition) is 3. The van der Waals surface area contributed by atoms with Crippen LogP contribution < -0.4 is 11.1 Å². The molecule has 1 saturated heterocycles. The van der Waals surface area contributed by atoms with Crippen LogP contribution in [0.4, 0.5) is 11.4 Å². The van der Waals surface area contributed by atoms with Gasteiger partial charge in [0.25, 0.3) is 0 Å². The molecule has 0 saturated carbocycles. The Bertz CT molecular complexity index is 405. The molecule has 0 aliphatic carbocycles. The fourth-order valence-corrected chi connectivity index (χ4v) is 3.19. The topological polar surface area (TPSA) is 55.1 Å². The molecule has 0 spiro atoms. The molecule has 2 rings (SSSR count). The number of anilines is 2. The first-order chi connectivity index (χ1) is 7.66. The van der Waals surface area contributed by atoms with Gasteiger partial charge in [-0.15, -0.1) is 11.8 Å². The molecule has 16 heavy (non-hydrogen) atoms. The Morgan fingerprint density at radius 2 is 2.38 bits per heavy atom. The third-order valence-electron chi connectivity index (χ3n) is 2.49. The smallest absolute Gasteiger partial charge is 0.237 e. The van der Waals surface area contributed by atoms with Crippen LogP contribution in [0.1, 0.15) is 12.8 Å². The third-order valence-corrected chi connectivity index (χ3v) is 4.36. The second-order valence-electron chi connectivity index (χ2n) is 3.72. The summed E-state index contributed by atoms with van der Waals surface area (Å²) in [5, 5.41) is 2.96. The molecule has 86 valence electrons. The highest BCUT2D eigenvalue weighted by atomic mass is 79.9. The molecule has 1 aromatic rings. The number of nitrogens with one attached hydrogen (secondary N) is 1. The van der Waals surface area contributed by atoms with Crippen LogP contribution in [-0.2, 0) is 4.79 Å². The average molecular weight is 301 g/mol. The summed E-state index contributed by atoms with van der Waals surface area (Å²) in [4.78, 5) is 11.9. The van der Waals surface area contributed by atoms with E-state index in [9.17, 15) is 4.79 Å². The number of carbonyl (C=O) groups is 1. The lowest BCUT2D eigenvalue weighted by Gasteiger charge is -2.11. The summed E-state index contributed by atoms with van der Waals surface area (Å²) < 4.78 is 0.915. The first-order valence-electron chi connectivity index (χ1n) is 5.14. The van der Waals surface area contributed by atoms with Crippen LogP contribution in [0.2, 0.25) is 0 Å². The van der Waals surface area contributed by atoms with Crippen molar-refractivity contribution in [1.82, 2.24) is 0 Å². The Labute approximate surface area is 107 Å². The van der Waals surface area contributed by atoms with Gasteiger partial charge in [-0.05, 0) is 36.8 Å². The SMILES string of the molecule is Nc1cc(Br)ccc1NC(=O)C1CCCS1. The maximum Gasteiger partial charge on any atom is 0.237 e. The van der Waals surface area contributed by atoms with E-state index in [1.807, 2.05) is 12.1 Å². The molecule has 1 aliphatic heterocycles. The molecule has 3 nitrogen and oxygen atoms in total. The number of rotatable bonds is 2. The first-order valence-corrected chi connectivity index (χ1v) is 6.98. The van der Waals surface area contributed by atoms with Crippen molar-refractivity contribution in [3.8, 4) is 0 Å². The van der Waals surface area contributed by atoms with E-state index >= 15 is 0 Å². The normalized spacial score (nSPS) is 19.7. The van der Waals surface area contributed by atoms with E-state index in [1.165, 1.54) is 0 Å². The molecule has 5 heteroatoms. The van der Waals surface area contributed by atoms with Crippen LogP contribution in [0.3, 0.4) is 0 Å². The van der Waals surface area contributed by atoms with Crippen molar-refractivity contribution < 1.29 is 4.79 Å². The van der Waals surface area contributed by atoms with E-state index in [0.29, 0.717) is 11.4 Å². The van der Waals surface area contributed by atoms with Gasteiger partial charge in [0, 0.05) is 4.47 Å². The maximum atomic E-state index is 11.9. The van der Waals surface area contributed by atoms with Gasteiger partial charge in [0.1, 0.15) is 0 Å². The van der Waals surface area contributed by atoms with Gasteiger partial charge in [-0.1, -0.05) is 15.9 Å². The Morgan fingerprint density at radius 1 is 1.56 bits per heavy atom. The predicted molar refractivity (Wildman–Crippen MR) is 72.7 cm³/mol. The number of nitrogens with two attached hydrogens (primary N) is 1. The second-order valence-corrected chi connectivity index (χ2v) is 5.95. The Hall–Kier alpha value is -0.680. The van der Waals surface area contributed by atoms with Crippen molar-refractivity contribution in [3.05, 3.63) is 22.7 Å². The number of halogens is 1. The Balaban J connectivity index is 2.05. The highest BCUT2D eigenvalue weighted by Gasteiger charge is 2.23. The standard InChI is InChI=1S/C11H13BrN2OS/c12-7-3-4-9(8(13)6-7)14-11(15)10-2-1-5-16-10/h3-4,6,10H,1-2,5,13H2,(H,14,15). The van der Waals surface area contributed by atoms with Gasteiger partial charge < -0.3 is 11.1 Å². The summed E-state index contributed by atoms with van der Waals surface area (Å²) in [6.45, 7) is 0. The summed E-state index contributed by atoms with van der Waals surface area (Å²) in [5.74, 6) is 1.14. The summed E-state index contributed by atoms with van der Waals surface area (Å²) in [5.41, 5.74) is 7.10. The highest BCUT2D eigenvalue weighted by Crippen LogP contribution is 2.29. The van der Waals surface area contributed by atoms with Crippen LogP contribution in [-0.4, -0.2) is 16.9 Å². The molecule has 1 heterocycles. The van der Waals surface area contributed by atoms with Gasteiger partial charge >= 0.3 is 0 Å². The second kappa shape index (κ2) is 5.10. The van der Waals surface area contributed by atoms with Gasteiger partial charge in [0.05, 0.1) is 16.6 Å². The molecule has 1 atom stereocenters. The Kier molecular flexibility index (Phi) is 3.76. The Morgan fingerprint density at radius 3 is 3.00 bits per heavy atom. The zero-order valence-corrected chi connectivity index (χ0v) is 11.1. The molecule has 1 fully saturated rings. The quantitative estimate of drug-likeness (QED) is 0.826. The number of nitrogen functional groups attached to an aromatic ring is 1. The molecule has 1 aliphatic rings. The van der Waals surface area contributed by atoms with Crippen molar-refractivity contribution in [1.29, 1.82) is 0 Å². The number of hydrogen-bond donors (Lipinski definition) is 2. The average Bonchev–Trinajstić information content (AvgIpc) is 2.75. The first kappa shape index (κ1) is 11.8. The maximum absolute atomic E-state index is 11.9. The monoisotopic (exact) mass is 300 g/mol. The van der Waals surface area contributed by atoms with Gasteiger partial charge in [0.2, 0.25) is 5.91 Å². The minimum atomic E-state index is 0.0662. The minimum absolute atomic E-state index is 0.0662. The lowest BCUT2D eigenvalue weighted by Crippen LogP contribution is -2.23. The largest absolute Gasteiger partial charge is 0.397 e. The van der Waals surface area contributed by atoms with Crippen molar-refractivity contribution in [2.24, 2.45) is 0 Å². The zero-order valence-electron chi connectivity index (χ0n) is 8.70. The highest BCUT2D eigenvalue weighted by molar-refractivity contribution is 9.10. The number of benzene rings is 1. The van der Waals surface area contributed by atoms with E-state index < -0.39 is 0 Å². The number of amides is 1. The molecule has 3 N–H and O–H groups in total. The molecule has 0 radical (unpaired) electrons. The lowest BCUT2D eigenvalue weighted by molar-refractivity contribution is -0.115. The van der Waals surface area contributed by atoms with Crippen molar-refractivity contribution in [3.63, 3.8) is 0 Å². The number of thioether (sulfide) groups is 1. The van der Waals surface area contributed by atoms with Crippen molar-refractivity contribution in [2.75, 3.05) is 16.8 Å². The summed E-state index contributed by atoms with van der Waals surface area (Å²) in [6.07, 6.45) is 2.09. The molecule has 0 aromatic heterocycles. The predicted octanol–water partition coefficient (Wildman–Crippen LogP) is 2.87. The summed E-state index contributed by atoms with van der Waals surface area (Å²) >= 11 is 5.05.